The van der Waals surface area contributed by atoms with Crippen LogP contribution in [0.15, 0.2) is 27.6 Å². The molecule has 1 N–H and O–H groups in total. The zero-order chi connectivity index (χ0) is 19.6. The summed E-state index contributed by atoms with van der Waals surface area (Å²) in [5, 5.41) is 3.31. The van der Waals surface area contributed by atoms with E-state index in [0.717, 1.165) is 0 Å². The number of hydrogen-bond acceptors (Lipinski definition) is 8. The summed E-state index contributed by atoms with van der Waals surface area (Å²) in [5.41, 5.74) is -0.443. The second-order valence-electron chi connectivity index (χ2n) is 5.17. The number of methoxy groups -OCH3 is 2. The summed E-state index contributed by atoms with van der Waals surface area (Å²) in [6.45, 7) is 0. The highest BCUT2D eigenvalue weighted by atomic mass is 19.4. The van der Waals surface area contributed by atoms with Crippen molar-refractivity contribution in [1.29, 1.82) is 0 Å². The highest BCUT2D eigenvalue weighted by molar-refractivity contribution is 5.59. The molecule has 3 rings (SSSR count). The second-order valence-corrected chi connectivity index (χ2v) is 5.17. The van der Waals surface area contributed by atoms with Gasteiger partial charge in [0.05, 0.1) is 20.3 Å². The molecule has 3 aromatic heterocycles. The van der Waals surface area contributed by atoms with Gasteiger partial charge < -0.3 is 19.0 Å². The zero-order valence-electron chi connectivity index (χ0n) is 14.0. The summed E-state index contributed by atoms with van der Waals surface area (Å²) in [7, 11) is 2.79. The maximum absolute atomic E-state index is 12.7. The van der Waals surface area contributed by atoms with Gasteiger partial charge >= 0.3 is 12.1 Å². The zero-order valence-corrected chi connectivity index (χ0v) is 14.0. The molecule has 0 aliphatic carbocycles. The maximum Gasteiger partial charge on any atom is 0.471 e. The van der Waals surface area contributed by atoms with Crippen LogP contribution in [0.25, 0.3) is 11.4 Å². The number of nitrogens with zero attached hydrogens (tertiary/aromatic N) is 4. The first-order valence-corrected chi connectivity index (χ1v) is 7.39. The van der Waals surface area contributed by atoms with Crippen LogP contribution in [0.4, 0.5) is 13.2 Å². The van der Waals surface area contributed by atoms with Gasteiger partial charge in [0.2, 0.25) is 17.6 Å². The van der Waals surface area contributed by atoms with E-state index in [9.17, 15) is 18.0 Å². The first-order chi connectivity index (χ1) is 12.8. The fourth-order valence-electron chi connectivity index (χ4n) is 2.24. The van der Waals surface area contributed by atoms with E-state index in [4.69, 9.17) is 9.47 Å². The molecule has 0 spiro atoms. The van der Waals surface area contributed by atoms with Gasteiger partial charge in [-0.1, -0.05) is 5.16 Å². The molecule has 142 valence electrons. The van der Waals surface area contributed by atoms with Crippen molar-refractivity contribution in [2.75, 3.05) is 14.2 Å². The lowest BCUT2D eigenvalue weighted by Crippen LogP contribution is -2.15. The molecule has 12 heteroatoms. The number of ether oxygens (including phenoxy) is 2. The highest BCUT2D eigenvalue weighted by Crippen LogP contribution is 2.30. The number of rotatable bonds is 5. The standard InChI is InChI=1S/C15H12F3N5O4/c1-25-10-6-11(26-2)21-9(20-10)5-8-7(3-4-19-13(8)24)12-22-14(27-23-12)15(16,17)18/h3-4,6H,5H2,1-2H3,(H,19,24). The SMILES string of the molecule is COc1cc(OC)nc(Cc2c(-c3noc(C(F)(F)F)n3)cc[nH]c2=O)n1. The van der Waals surface area contributed by atoms with Crippen LogP contribution in [0, 0.1) is 0 Å². The van der Waals surface area contributed by atoms with Crippen molar-refractivity contribution in [3.63, 3.8) is 0 Å². The van der Waals surface area contributed by atoms with Gasteiger partial charge in [0, 0.05) is 23.7 Å². The van der Waals surface area contributed by atoms with E-state index in [1.807, 2.05) is 0 Å². The molecule has 0 radical (unpaired) electrons. The van der Waals surface area contributed by atoms with Crippen molar-refractivity contribution in [2.24, 2.45) is 0 Å². The van der Waals surface area contributed by atoms with Gasteiger partial charge in [0.15, 0.2) is 0 Å². The van der Waals surface area contributed by atoms with E-state index >= 15 is 0 Å². The third-order valence-electron chi connectivity index (χ3n) is 3.45. The molecule has 0 saturated heterocycles. The van der Waals surface area contributed by atoms with Crippen molar-refractivity contribution in [2.45, 2.75) is 12.6 Å². The number of aromatic nitrogens is 5. The van der Waals surface area contributed by atoms with E-state index in [-0.39, 0.29) is 41.0 Å². The lowest BCUT2D eigenvalue weighted by atomic mass is 10.1. The molecule has 0 bridgehead atoms. The van der Waals surface area contributed by atoms with Crippen LogP contribution in [-0.4, -0.2) is 39.3 Å². The van der Waals surface area contributed by atoms with Crippen molar-refractivity contribution < 1.29 is 27.2 Å². The average Bonchev–Trinajstić information content (AvgIpc) is 3.13. The quantitative estimate of drug-likeness (QED) is 0.710. The van der Waals surface area contributed by atoms with Gasteiger partial charge in [-0.2, -0.15) is 28.1 Å². The largest absolute Gasteiger partial charge is 0.481 e. The predicted molar refractivity (Wildman–Crippen MR) is 83.3 cm³/mol. The first kappa shape index (κ1) is 18.4. The minimum Gasteiger partial charge on any atom is -0.481 e. The Morgan fingerprint density at radius 1 is 1.15 bits per heavy atom. The lowest BCUT2D eigenvalue weighted by molar-refractivity contribution is -0.159. The van der Waals surface area contributed by atoms with Crippen molar-refractivity contribution in [1.82, 2.24) is 25.1 Å². The molecule has 9 nitrogen and oxygen atoms in total. The fraction of sp³-hybridized carbons (Fsp3) is 0.267. The van der Waals surface area contributed by atoms with E-state index in [1.165, 1.54) is 32.5 Å². The summed E-state index contributed by atoms with van der Waals surface area (Å²) in [6, 6.07) is 2.80. The smallest absolute Gasteiger partial charge is 0.471 e. The molecule has 0 unspecified atom stereocenters. The van der Waals surface area contributed by atoms with Gasteiger partial charge in [0.1, 0.15) is 5.82 Å². The number of H-pyrrole nitrogens is 1. The number of aromatic amines is 1. The van der Waals surface area contributed by atoms with E-state index in [1.54, 1.807) is 0 Å². The van der Waals surface area contributed by atoms with Crippen LogP contribution >= 0.6 is 0 Å². The van der Waals surface area contributed by atoms with Gasteiger partial charge in [-0.3, -0.25) is 4.79 Å². The molecule has 0 fully saturated rings. The topological polar surface area (TPSA) is 116 Å². The fourth-order valence-corrected chi connectivity index (χ4v) is 2.24. The Kier molecular flexibility index (Phi) is 4.79. The summed E-state index contributed by atoms with van der Waals surface area (Å²) >= 11 is 0. The van der Waals surface area contributed by atoms with Gasteiger partial charge in [-0.15, -0.1) is 0 Å². The Balaban J connectivity index is 2.05. The normalized spacial score (nSPS) is 11.4. The summed E-state index contributed by atoms with van der Waals surface area (Å²) in [4.78, 5) is 26.2. The molecule has 27 heavy (non-hydrogen) atoms. The third-order valence-corrected chi connectivity index (χ3v) is 3.45. The second kappa shape index (κ2) is 7.05. The molecule has 0 atom stereocenters. The van der Waals surface area contributed by atoms with Crippen LogP contribution in [-0.2, 0) is 12.6 Å². The minimum atomic E-state index is -4.80. The molecule has 0 aromatic carbocycles. The Morgan fingerprint density at radius 2 is 1.81 bits per heavy atom. The predicted octanol–water partition coefficient (Wildman–Crippen LogP) is 1.84. The maximum atomic E-state index is 12.7. The molecule has 0 aliphatic rings. The molecule has 0 amide bonds. The van der Waals surface area contributed by atoms with E-state index < -0.39 is 17.6 Å². The number of halogens is 3. The van der Waals surface area contributed by atoms with Crippen molar-refractivity contribution in [3.05, 3.63) is 46.0 Å². The third kappa shape index (κ3) is 3.88. The Morgan fingerprint density at radius 3 is 2.37 bits per heavy atom. The van der Waals surface area contributed by atoms with E-state index in [0.29, 0.717) is 0 Å². The van der Waals surface area contributed by atoms with Gasteiger partial charge in [-0.25, -0.2) is 0 Å². The summed E-state index contributed by atoms with van der Waals surface area (Å²) in [5.74, 6) is -1.33. The number of nitrogens with one attached hydrogen (secondary N) is 1. The Labute approximate surface area is 149 Å². The molecule has 0 aliphatic heterocycles. The molecule has 0 saturated carbocycles. The average molecular weight is 383 g/mol. The van der Waals surface area contributed by atoms with Crippen molar-refractivity contribution >= 4 is 0 Å². The number of alkyl halides is 3. The summed E-state index contributed by atoms with van der Waals surface area (Å²) in [6.07, 6.45) is -3.66. The van der Waals surface area contributed by atoms with Crippen LogP contribution in [0.3, 0.4) is 0 Å². The van der Waals surface area contributed by atoms with Crippen LogP contribution in [0.5, 0.6) is 11.8 Å². The van der Waals surface area contributed by atoms with Crippen LogP contribution < -0.4 is 15.0 Å². The van der Waals surface area contributed by atoms with Crippen molar-refractivity contribution in [3.8, 4) is 23.1 Å². The Hall–Kier alpha value is -3.44. The molecule has 3 aromatic rings. The minimum absolute atomic E-state index is 0.0577. The number of hydrogen-bond donors (Lipinski definition) is 1. The molecule has 3 heterocycles. The molecular weight excluding hydrogens is 371 g/mol. The van der Waals surface area contributed by atoms with Crippen LogP contribution in [0.2, 0.25) is 0 Å². The molecular formula is C15H12F3N5O4. The monoisotopic (exact) mass is 383 g/mol. The van der Waals surface area contributed by atoms with E-state index in [2.05, 4.69) is 29.6 Å². The first-order valence-electron chi connectivity index (χ1n) is 7.39. The van der Waals surface area contributed by atoms with Gasteiger partial charge in [0.25, 0.3) is 5.56 Å². The van der Waals surface area contributed by atoms with Gasteiger partial charge in [-0.05, 0) is 6.07 Å². The summed E-state index contributed by atoms with van der Waals surface area (Å²) < 4.78 is 52.4. The lowest BCUT2D eigenvalue weighted by Gasteiger charge is -2.08. The highest BCUT2D eigenvalue weighted by Gasteiger charge is 2.38. The number of pyridine rings is 1. The Bertz CT molecular complexity index is 993. The van der Waals surface area contributed by atoms with Crippen LogP contribution in [0.1, 0.15) is 17.3 Å².